The van der Waals surface area contributed by atoms with Gasteiger partial charge in [-0.15, -0.1) is 0 Å². The van der Waals surface area contributed by atoms with Gasteiger partial charge in [-0.1, -0.05) is 29.3 Å². The highest BCUT2D eigenvalue weighted by Crippen LogP contribution is 2.25. The normalized spacial score (nSPS) is 12.8. The van der Waals surface area contributed by atoms with Crippen LogP contribution in [-0.4, -0.2) is 20.3 Å². The van der Waals surface area contributed by atoms with Crippen LogP contribution in [0.25, 0.3) is 0 Å². The van der Waals surface area contributed by atoms with Gasteiger partial charge in [-0.2, -0.15) is 0 Å². The van der Waals surface area contributed by atoms with Crippen molar-refractivity contribution < 1.29 is 4.74 Å². The van der Waals surface area contributed by atoms with Crippen LogP contribution in [0.5, 0.6) is 0 Å². The third-order valence-corrected chi connectivity index (χ3v) is 2.92. The summed E-state index contributed by atoms with van der Waals surface area (Å²) in [6, 6.07) is 5.77. The molecule has 1 N–H and O–H groups in total. The van der Waals surface area contributed by atoms with Crippen molar-refractivity contribution in [2.75, 3.05) is 20.3 Å². The highest BCUT2D eigenvalue weighted by Gasteiger charge is 2.10. The zero-order chi connectivity index (χ0) is 11.3. The van der Waals surface area contributed by atoms with Crippen molar-refractivity contribution in [3.05, 3.63) is 33.8 Å². The quantitative estimate of drug-likeness (QED) is 0.863. The van der Waals surface area contributed by atoms with E-state index in [-0.39, 0.29) is 6.04 Å². The predicted octanol–water partition coefficient (Wildman–Crippen LogP) is 3.29. The van der Waals surface area contributed by atoms with Crippen LogP contribution >= 0.6 is 23.2 Å². The number of nitrogens with one attached hydrogen (secondary N) is 1. The van der Waals surface area contributed by atoms with Crippen LogP contribution in [0.4, 0.5) is 0 Å². The van der Waals surface area contributed by atoms with E-state index in [1.807, 2.05) is 26.1 Å². The van der Waals surface area contributed by atoms with Crippen molar-refractivity contribution >= 4 is 23.2 Å². The maximum Gasteiger partial charge on any atom is 0.0661 e. The zero-order valence-corrected chi connectivity index (χ0v) is 10.4. The Bertz CT molecular complexity index is 317. The van der Waals surface area contributed by atoms with Gasteiger partial charge in [0.05, 0.1) is 22.7 Å². The number of benzene rings is 1. The van der Waals surface area contributed by atoms with Gasteiger partial charge in [0.25, 0.3) is 0 Å². The number of rotatable bonds is 5. The fourth-order valence-electron chi connectivity index (χ4n) is 1.31. The molecule has 1 rings (SSSR count). The van der Waals surface area contributed by atoms with Gasteiger partial charge in [0.2, 0.25) is 0 Å². The van der Waals surface area contributed by atoms with Gasteiger partial charge in [-0.05, 0) is 31.7 Å². The van der Waals surface area contributed by atoms with E-state index in [1.165, 1.54) is 0 Å². The molecule has 1 aromatic carbocycles. The van der Waals surface area contributed by atoms with Gasteiger partial charge in [0, 0.05) is 6.61 Å². The van der Waals surface area contributed by atoms with Crippen molar-refractivity contribution in [2.45, 2.75) is 13.0 Å². The van der Waals surface area contributed by atoms with E-state index in [9.17, 15) is 0 Å². The molecule has 0 spiro atoms. The van der Waals surface area contributed by atoms with Crippen LogP contribution in [0.1, 0.15) is 18.5 Å². The molecule has 0 heterocycles. The minimum atomic E-state index is 0.153. The summed E-state index contributed by atoms with van der Waals surface area (Å²) in [6.07, 6.45) is 0. The molecule has 0 saturated heterocycles. The summed E-state index contributed by atoms with van der Waals surface area (Å²) < 4.78 is 5.37. The third kappa shape index (κ3) is 3.65. The predicted molar refractivity (Wildman–Crippen MR) is 64.8 cm³/mol. The maximum absolute atomic E-state index is 5.95. The van der Waals surface area contributed by atoms with E-state index in [0.29, 0.717) is 23.3 Å². The lowest BCUT2D eigenvalue weighted by atomic mass is 10.1. The largest absolute Gasteiger partial charge is 0.380 e. The molecule has 0 aliphatic rings. The summed E-state index contributed by atoms with van der Waals surface area (Å²) in [7, 11) is 1.90. The van der Waals surface area contributed by atoms with Gasteiger partial charge in [0.1, 0.15) is 0 Å². The van der Waals surface area contributed by atoms with Crippen LogP contribution in [0.3, 0.4) is 0 Å². The molecular formula is C11H15Cl2NO. The van der Waals surface area contributed by atoms with Crippen LogP contribution < -0.4 is 5.32 Å². The molecule has 1 aromatic rings. The topological polar surface area (TPSA) is 21.3 Å². The Morgan fingerprint density at radius 1 is 1.33 bits per heavy atom. The van der Waals surface area contributed by atoms with E-state index in [0.717, 1.165) is 5.56 Å². The number of ether oxygens (including phenoxy) is 1. The zero-order valence-electron chi connectivity index (χ0n) is 8.89. The summed E-state index contributed by atoms with van der Waals surface area (Å²) in [5, 5.41) is 4.32. The second-order valence-electron chi connectivity index (χ2n) is 3.17. The molecule has 1 unspecified atom stereocenters. The number of halogens is 2. The van der Waals surface area contributed by atoms with Crippen LogP contribution in [0.15, 0.2) is 18.2 Å². The van der Waals surface area contributed by atoms with Gasteiger partial charge in [-0.25, -0.2) is 0 Å². The summed E-state index contributed by atoms with van der Waals surface area (Å²) in [4.78, 5) is 0. The van der Waals surface area contributed by atoms with Crippen molar-refractivity contribution in [1.29, 1.82) is 0 Å². The number of hydrogen-bond acceptors (Lipinski definition) is 2. The standard InChI is InChI=1S/C11H15Cl2NO/c1-3-15-7-11(14-2)8-4-5-9(12)10(13)6-8/h4-6,11,14H,3,7H2,1-2H3. The maximum atomic E-state index is 5.95. The van der Waals surface area contributed by atoms with Gasteiger partial charge in [-0.3, -0.25) is 0 Å². The first-order chi connectivity index (χ1) is 7.19. The minimum absolute atomic E-state index is 0.153. The summed E-state index contributed by atoms with van der Waals surface area (Å²) in [5.74, 6) is 0. The lowest BCUT2D eigenvalue weighted by Crippen LogP contribution is -2.21. The Balaban J connectivity index is 2.78. The van der Waals surface area contributed by atoms with Gasteiger partial charge >= 0.3 is 0 Å². The molecule has 0 aliphatic heterocycles. The molecule has 1 atom stereocenters. The molecular weight excluding hydrogens is 233 g/mol. The highest BCUT2D eigenvalue weighted by molar-refractivity contribution is 6.42. The minimum Gasteiger partial charge on any atom is -0.380 e. The molecule has 0 aliphatic carbocycles. The molecule has 0 fully saturated rings. The molecule has 4 heteroatoms. The summed E-state index contributed by atoms with van der Waals surface area (Å²) in [6.45, 7) is 3.31. The van der Waals surface area contributed by atoms with Crippen LogP contribution in [0.2, 0.25) is 10.0 Å². The van der Waals surface area contributed by atoms with Gasteiger partial charge < -0.3 is 10.1 Å². The van der Waals surface area contributed by atoms with Crippen LogP contribution in [0, 0.1) is 0 Å². The third-order valence-electron chi connectivity index (χ3n) is 2.18. The van der Waals surface area contributed by atoms with E-state index < -0.39 is 0 Å². The smallest absolute Gasteiger partial charge is 0.0661 e. The first-order valence-electron chi connectivity index (χ1n) is 4.89. The molecule has 2 nitrogen and oxygen atoms in total. The second kappa shape index (κ2) is 6.33. The van der Waals surface area contributed by atoms with Crippen molar-refractivity contribution in [2.24, 2.45) is 0 Å². The van der Waals surface area contributed by atoms with Crippen molar-refractivity contribution in [3.8, 4) is 0 Å². The highest BCUT2D eigenvalue weighted by atomic mass is 35.5. The molecule has 15 heavy (non-hydrogen) atoms. The molecule has 0 saturated carbocycles. The van der Waals surface area contributed by atoms with Gasteiger partial charge in [0.15, 0.2) is 0 Å². The first-order valence-corrected chi connectivity index (χ1v) is 5.64. The second-order valence-corrected chi connectivity index (χ2v) is 3.99. The lowest BCUT2D eigenvalue weighted by Gasteiger charge is -2.16. The van der Waals surface area contributed by atoms with Crippen molar-refractivity contribution in [1.82, 2.24) is 5.32 Å². The number of hydrogen-bond donors (Lipinski definition) is 1. The Hall–Kier alpha value is -0.280. The Morgan fingerprint density at radius 3 is 2.60 bits per heavy atom. The molecule has 0 radical (unpaired) electrons. The van der Waals surface area contributed by atoms with Crippen molar-refractivity contribution in [3.63, 3.8) is 0 Å². The molecule has 0 bridgehead atoms. The molecule has 0 aromatic heterocycles. The SMILES string of the molecule is CCOCC(NC)c1ccc(Cl)c(Cl)c1. The lowest BCUT2D eigenvalue weighted by molar-refractivity contribution is 0.125. The Morgan fingerprint density at radius 2 is 2.07 bits per heavy atom. The van der Waals surface area contributed by atoms with E-state index >= 15 is 0 Å². The van der Waals surface area contributed by atoms with E-state index in [4.69, 9.17) is 27.9 Å². The summed E-state index contributed by atoms with van der Waals surface area (Å²) in [5.41, 5.74) is 1.08. The average Bonchev–Trinajstić information content (AvgIpc) is 2.24. The monoisotopic (exact) mass is 247 g/mol. The molecule has 0 amide bonds. The van der Waals surface area contributed by atoms with E-state index in [1.54, 1.807) is 6.07 Å². The Kier molecular flexibility index (Phi) is 5.40. The van der Waals surface area contributed by atoms with E-state index in [2.05, 4.69) is 5.32 Å². The van der Waals surface area contributed by atoms with Crippen LogP contribution in [-0.2, 0) is 4.74 Å². The fraction of sp³-hybridized carbons (Fsp3) is 0.455. The average molecular weight is 248 g/mol. The molecule has 84 valence electrons. The first kappa shape index (κ1) is 12.8. The summed E-state index contributed by atoms with van der Waals surface area (Å²) >= 11 is 11.8. The fourth-order valence-corrected chi connectivity index (χ4v) is 1.62. The Labute approximate surface area is 101 Å². The number of likely N-dealkylation sites (N-methyl/N-ethyl adjacent to an activating group) is 1.